The van der Waals surface area contributed by atoms with Crippen molar-refractivity contribution >= 4 is 40.0 Å². The van der Waals surface area contributed by atoms with E-state index < -0.39 is 0 Å². The predicted molar refractivity (Wildman–Crippen MR) is 120 cm³/mol. The lowest BCUT2D eigenvalue weighted by Crippen LogP contribution is -2.49. The normalized spacial score (nSPS) is 14.4. The Hall–Kier alpha value is -3.34. The number of nitrogens with one attached hydrogen (secondary N) is 2. The molecule has 0 aliphatic carbocycles. The summed E-state index contributed by atoms with van der Waals surface area (Å²) in [4.78, 5) is 32.3. The average molecular weight is 436 g/mol. The molecule has 158 valence electrons. The van der Waals surface area contributed by atoms with Gasteiger partial charge in [0.15, 0.2) is 0 Å². The molecule has 0 bridgehead atoms. The Bertz CT molecular complexity index is 1130. The van der Waals surface area contributed by atoms with Gasteiger partial charge in [-0.25, -0.2) is 0 Å². The number of anilines is 1. The van der Waals surface area contributed by atoms with Crippen molar-refractivity contribution in [2.45, 2.75) is 6.42 Å². The van der Waals surface area contributed by atoms with E-state index in [0.717, 1.165) is 24.0 Å². The van der Waals surface area contributed by atoms with Gasteiger partial charge >= 0.3 is 0 Å². The Morgan fingerprint density at radius 2 is 1.87 bits per heavy atom. The fourth-order valence-electron chi connectivity index (χ4n) is 3.70. The summed E-state index contributed by atoms with van der Waals surface area (Å²) in [5.74, 6) is -0.108. The van der Waals surface area contributed by atoms with Gasteiger partial charge in [-0.3, -0.25) is 14.5 Å². The van der Waals surface area contributed by atoms with E-state index in [1.807, 2.05) is 41.3 Å². The Kier molecular flexibility index (Phi) is 6.21. The van der Waals surface area contributed by atoms with Crippen molar-refractivity contribution in [2.75, 3.05) is 38.0 Å². The second kappa shape index (κ2) is 9.21. The van der Waals surface area contributed by atoms with Crippen LogP contribution in [0.3, 0.4) is 0 Å². The Labute approximate surface area is 185 Å². The van der Waals surface area contributed by atoms with Gasteiger partial charge in [-0.1, -0.05) is 29.8 Å². The van der Waals surface area contributed by atoms with Crippen molar-refractivity contribution < 1.29 is 9.59 Å². The monoisotopic (exact) mass is 435 g/mol. The first kappa shape index (κ1) is 20.9. The number of carbonyl (C=O) groups excluding carboxylic acids is 2. The zero-order chi connectivity index (χ0) is 21.8. The van der Waals surface area contributed by atoms with Crippen LogP contribution in [0.2, 0.25) is 5.02 Å². The highest BCUT2D eigenvalue weighted by Gasteiger charge is 2.23. The molecule has 2 amide bonds. The molecule has 0 spiro atoms. The van der Waals surface area contributed by atoms with Gasteiger partial charge in [0.2, 0.25) is 5.91 Å². The van der Waals surface area contributed by atoms with E-state index >= 15 is 0 Å². The molecule has 1 fully saturated rings. The number of nitriles is 1. The summed E-state index contributed by atoms with van der Waals surface area (Å²) < 4.78 is 0. The zero-order valence-corrected chi connectivity index (χ0v) is 17.7. The highest BCUT2D eigenvalue weighted by Crippen LogP contribution is 2.20. The maximum absolute atomic E-state index is 12.8. The van der Waals surface area contributed by atoms with Crippen molar-refractivity contribution in [2.24, 2.45) is 0 Å². The first-order valence-corrected chi connectivity index (χ1v) is 10.5. The lowest BCUT2D eigenvalue weighted by molar-refractivity contribution is -0.116. The molecule has 2 N–H and O–H groups in total. The highest BCUT2D eigenvalue weighted by molar-refractivity contribution is 6.32. The minimum absolute atomic E-state index is 0.00582. The van der Waals surface area contributed by atoms with Crippen molar-refractivity contribution in [3.05, 3.63) is 64.8 Å². The number of aromatic amines is 1. The van der Waals surface area contributed by atoms with Gasteiger partial charge in [0.05, 0.1) is 10.6 Å². The van der Waals surface area contributed by atoms with Crippen LogP contribution in [0, 0.1) is 11.3 Å². The average Bonchev–Trinajstić information content (AvgIpc) is 3.22. The number of rotatable bonds is 5. The lowest BCUT2D eigenvalue weighted by atomic mass is 10.2. The van der Waals surface area contributed by atoms with E-state index in [9.17, 15) is 9.59 Å². The molecule has 31 heavy (non-hydrogen) atoms. The number of hydrogen-bond acceptors (Lipinski definition) is 4. The van der Waals surface area contributed by atoms with E-state index in [0.29, 0.717) is 48.0 Å². The first-order valence-electron chi connectivity index (χ1n) is 10.1. The molecular formula is C23H22ClN5O2. The van der Waals surface area contributed by atoms with E-state index in [1.54, 1.807) is 18.2 Å². The molecular weight excluding hydrogens is 414 g/mol. The molecule has 0 radical (unpaired) electrons. The van der Waals surface area contributed by atoms with E-state index in [1.165, 1.54) is 0 Å². The lowest BCUT2D eigenvalue weighted by Gasteiger charge is -2.34. The van der Waals surface area contributed by atoms with Crippen LogP contribution >= 0.6 is 11.6 Å². The molecule has 2 aromatic carbocycles. The van der Waals surface area contributed by atoms with Crippen molar-refractivity contribution in [1.82, 2.24) is 14.8 Å². The van der Waals surface area contributed by atoms with Crippen molar-refractivity contribution in [1.29, 1.82) is 5.26 Å². The fraction of sp³-hybridized carbons (Fsp3) is 0.261. The van der Waals surface area contributed by atoms with E-state index in [4.69, 9.17) is 16.9 Å². The number of amides is 2. The van der Waals surface area contributed by atoms with Crippen LogP contribution in [0.1, 0.15) is 22.5 Å². The van der Waals surface area contributed by atoms with Crippen LogP contribution in [0.4, 0.5) is 5.69 Å². The second-order valence-electron chi connectivity index (χ2n) is 7.51. The smallest absolute Gasteiger partial charge is 0.270 e. The van der Waals surface area contributed by atoms with Gasteiger partial charge in [-0.15, -0.1) is 0 Å². The molecule has 0 saturated carbocycles. The van der Waals surface area contributed by atoms with Crippen molar-refractivity contribution in [3.8, 4) is 6.07 Å². The summed E-state index contributed by atoms with van der Waals surface area (Å²) in [5, 5.41) is 13.1. The largest absolute Gasteiger partial charge is 0.351 e. The zero-order valence-electron chi connectivity index (χ0n) is 16.9. The summed E-state index contributed by atoms with van der Waals surface area (Å²) >= 11 is 6.00. The van der Waals surface area contributed by atoms with Crippen LogP contribution in [-0.2, 0) is 4.79 Å². The number of aromatic nitrogens is 1. The third-order valence-corrected chi connectivity index (χ3v) is 5.76. The fourth-order valence-corrected chi connectivity index (χ4v) is 3.92. The molecule has 0 unspecified atom stereocenters. The third kappa shape index (κ3) is 4.88. The van der Waals surface area contributed by atoms with Crippen LogP contribution in [0.15, 0.2) is 48.5 Å². The minimum atomic E-state index is -0.114. The number of nitrogens with zero attached hydrogens (tertiary/aromatic N) is 3. The molecule has 1 aromatic heterocycles. The molecule has 2 heterocycles. The summed E-state index contributed by atoms with van der Waals surface area (Å²) in [6.07, 6.45) is 0.341. The number of H-pyrrole nitrogens is 1. The van der Waals surface area contributed by atoms with Gasteiger partial charge in [0, 0.05) is 55.7 Å². The van der Waals surface area contributed by atoms with Crippen LogP contribution < -0.4 is 5.32 Å². The van der Waals surface area contributed by atoms with Gasteiger partial charge < -0.3 is 15.2 Å². The quantitative estimate of drug-likeness (QED) is 0.641. The maximum atomic E-state index is 12.8. The number of hydrogen-bond donors (Lipinski definition) is 2. The SMILES string of the molecule is N#Cc1ccc(NC(=O)CCN2CCN(C(=O)c3cc4ccccc4[nH]3)CC2)cc1Cl. The summed E-state index contributed by atoms with van der Waals surface area (Å²) in [5.41, 5.74) is 2.51. The van der Waals surface area contributed by atoms with Crippen LogP contribution in [-0.4, -0.2) is 59.3 Å². The van der Waals surface area contributed by atoms with E-state index in [-0.39, 0.29) is 11.8 Å². The molecule has 0 atom stereocenters. The highest BCUT2D eigenvalue weighted by atomic mass is 35.5. The van der Waals surface area contributed by atoms with Crippen LogP contribution in [0.25, 0.3) is 10.9 Å². The van der Waals surface area contributed by atoms with Gasteiger partial charge in [-0.05, 0) is 30.3 Å². The summed E-state index contributed by atoms with van der Waals surface area (Å²) in [6.45, 7) is 3.32. The molecule has 1 saturated heterocycles. The van der Waals surface area contributed by atoms with E-state index in [2.05, 4.69) is 15.2 Å². The maximum Gasteiger partial charge on any atom is 0.270 e. The summed E-state index contributed by atoms with van der Waals surface area (Å²) in [6, 6.07) is 16.5. The number of piperazine rings is 1. The number of halogens is 1. The molecule has 8 heteroatoms. The summed E-state index contributed by atoms with van der Waals surface area (Å²) in [7, 11) is 0. The van der Waals surface area contributed by atoms with Crippen molar-refractivity contribution in [3.63, 3.8) is 0 Å². The molecule has 4 rings (SSSR count). The Morgan fingerprint density at radius 3 is 2.58 bits per heavy atom. The first-order chi connectivity index (χ1) is 15.0. The minimum Gasteiger partial charge on any atom is -0.351 e. The Balaban J connectivity index is 1.24. The number of fused-ring (bicyclic) bond motifs is 1. The third-order valence-electron chi connectivity index (χ3n) is 5.45. The standard InChI is InChI=1S/C23H22ClN5O2/c24-19-14-18(6-5-17(19)15-25)26-22(30)7-8-28-9-11-29(12-10-28)23(31)21-13-16-3-1-2-4-20(16)27-21/h1-6,13-14,27H,7-12H2,(H,26,30). The number of benzene rings is 2. The second-order valence-corrected chi connectivity index (χ2v) is 7.92. The molecule has 7 nitrogen and oxygen atoms in total. The van der Waals surface area contributed by atoms with Gasteiger partial charge in [-0.2, -0.15) is 5.26 Å². The molecule has 1 aliphatic rings. The predicted octanol–water partition coefficient (Wildman–Crippen LogP) is 3.48. The molecule has 3 aromatic rings. The number of carbonyl (C=O) groups is 2. The Morgan fingerprint density at radius 1 is 1.10 bits per heavy atom. The topological polar surface area (TPSA) is 92.2 Å². The van der Waals surface area contributed by atoms with Gasteiger partial charge in [0.1, 0.15) is 11.8 Å². The van der Waals surface area contributed by atoms with Gasteiger partial charge in [0.25, 0.3) is 5.91 Å². The number of para-hydroxylation sites is 1. The van der Waals surface area contributed by atoms with Crippen LogP contribution in [0.5, 0.6) is 0 Å². The molecule has 1 aliphatic heterocycles.